The summed E-state index contributed by atoms with van der Waals surface area (Å²) in [5.74, 6) is -0.649. The van der Waals surface area contributed by atoms with Gasteiger partial charge in [0, 0.05) is 6.08 Å². The molecule has 0 bridgehead atoms. The standard InChI is InChI=1S/C5H5ClO3/c1-2-5(8)9-3-4(6)7/h2H,1,3H2. The van der Waals surface area contributed by atoms with E-state index in [0.29, 0.717) is 0 Å². The van der Waals surface area contributed by atoms with Gasteiger partial charge in [-0.3, -0.25) is 4.79 Å². The minimum absolute atomic E-state index is 0.396. The molecule has 9 heavy (non-hydrogen) atoms. The van der Waals surface area contributed by atoms with Crippen LogP contribution in [0.4, 0.5) is 0 Å². The second-order valence-electron chi connectivity index (χ2n) is 1.17. The zero-order valence-corrected chi connectivity index (χ0v) is 5.35. The van der Waals surface area contributed by atoms with E-state index in [4.69, 9.17) is 11.6 Å². The first kappa shape index (κ1) is 8.17. The highest BCUT2D eigenvalue weighted by molar-refractivity contribution is 6.64. The molecule has 0 aromatic rings. The summed E-state index contributed by atoms with van der Waals surface area (Å²) < 4.78 is 4.21. The van der Waals surface area contributed by atoms with Crippen LogP contribution in [0.3, 0.4) is 0 Å². The molecule has 0 aliphatic rings. The molecular formula is C5H5ClO3. The van der Waals surface area contributed by atoms with Crippen molar-refractivity contribution in [3.63, 3.8) is 0 Å². The van der Waals surface area contributed by atoms with Gasteiger partial charge in [-0.2, -0.15) is 0 Å². The maximum atomic E-state index is 10.2. The molecule has 4 heteroatoms. The molecule has 0 aromatic carbocycles. The number of carbonyl (C=O) groups excluding carboxylic acids is 2. The molecular weight excluding hydrogens is 144 g/mol. The summed E-state index contributed by atoms with van der Waals surface area (Å²) in [7, 11) is 0. The third-order valence-electron chi connectivity index (χ3n) is 0.495. The van der Waals surface area contributed by atoms with Crippen molar-refractivity contribution in [1.29, 1.82) is 0 Å². The fraction of sp³-hybridized carbons (Fsp3) is 0.200. The zero-order valence-electron chi connectivity index (χ0n) is 4.59. The van der Waals surface area contributed by atoms with Crippen LogP contribution in [0.25, 0.3) is 0 Å². The van der Waals surface area contributed by atoms with Gasteiger partial charge in [0.1, 0.15) is 0 Å². The molecule has 0 aromatic heterocycles. The van der Waals surface area contributed by atoms with Crippen LogP contribution in [-0.4, -0.2) is 17.8 Å². The Kier molecular flexibility index (Phi) is 3.71. The fourth-order valence-electron chi connectivity index (χ4n) is 0.187. The Bertz CT molecular complexity index is 141. The van der Waals surface area contributed by atoms with Gasteiger partial charge in [-0.05, 0) is 11.6 Å². The first-order valence-electron chi connectivity index (χ1n) is 2.14. The van der Waals surface area contributed by atoms with Crippen LogP contribution in [0.5, 0.6) is 0 Å². The second-order valence-corrected chi connectivity index (χ2v) is 1.59. The molecule has 0 spiro atoms. The van der Waals surface area contributed by atoms with E-state index in [1.807, 2.05) is 0 Å². The van der Waals surface area contributed by atoms with E-state index in [1.54, 1.807) is 0 Å². The van der Waals surface area contributed by atoms with E-state index in [2.05, 4.69) is 11.3 Å². The minimum atomic E-state index is -0.704. The lowest BCUT2D eigenvalue weighted by molar-refractivity contribution is -0.141. The minimum Gasteiger partial charge on any atom is -0.453 e. The van der Waals surface area contributed by atoms with Gasteiger partial charge >= 0.3 is 5.97 Å². The molecule has 0 atom stereocenters. The molecule has 0 heterocycles. The first-order valence-corrected chi connectivity index (χ1v) is 2.52. The van der Waals surface area contributed by atoms with Crippen molar-refractivity contribution in [2.45, 2.75) is 0 Å². The lowest BCUT2D eigenvalue weighted by Gasteiger charge is -1.93. The average Bonchev–Trinajstić information content (AvgIpc) is 1.83. The van der Waals surface area contributed by atoms with Crippen molar-refractivity contribution in [2.75, 3.05) is 6.61 Å². The van der Waals surface area contributed by atoms with Crippen molar-refractivity contribution in [2.24, 2.45) is 0 Å². The van der Waals surface area contributed by atoms with Crippen molar-refractivity contribution in [3.05, 3.63) is 12.7 Å². The van der Waals surface area contributed by atoms with E-state index >= 15 is 0 Å². The first-order chi connectivity index (χ1) is 4.16. The van der Waals surface area contributed by atoms with Gasteiger partial charge in [0.2, 0.25) is 0 Å². The third kappa shape index (κ3) is 5.03. The summed E-state index contributed by atoms with van der Waals surface area (Å²) in [6.07, 6.45) is 0.958. The maximum Gasteiger partial charge on any atom is 0.330 e. The Hall–Kier alpha value is -0.830. The van der Waals surface area contributed by atoms with Gasteiger partial charge < -0.3 is 4.74 Å². The number of rotatable bonds is 3. The molecule has 50 valence electrons. The van der Waals surface area contributed by atoms with Crippen molar-refractivity contribution in [3.8, 4) is 0 Å². The molecule has 0 aliphatic heterocycles. The average molecular weight is 149 g/mol. The summed E-state index contributed by atoms with van der Waals surface area (Å²) in [6, 6.07) is 0. The zero-order chi connectivity index (χ0) is 7.28. The predicted octanol–water partition coefficient (Wildman–Crippen LogP) is 0.481. The summed E-state index contributed by atoms with van der Waals surface area (Å²) in [5, 5.41) is -0.704. The molecule has 0 saturated carbocycles. The van der Waals surface area contributed by atoms with Gasteiger partial charge in [-0.1, -0.05) is 6.58 Å². The molecule has 0 N–H and O–H groups in total. The highest BCUT2D eigenvalue weighted by Crippen LogP contribution is 1.83. The van der Waals surface area contributed by atoms with E-state index < -0.39 is 17.8 Å². The topological polar surface area (TPSA) is 43.4 Å². The Balaban J connectivity index is 3.39. The van der Waals surface area contributed by atoms with Crippen LogP contribution in [-0.2, 0) is 14.3 Å². The Labute approximate surface area is 57.2 Å². The molecule has 0 rings (SSSR count). The van der Waals surface area contributed by atoms with Gasteiger partial charge in [0.25, 0.3) is 5.24 Å². The molecule has 0 unspecified atom stereocenters. The molecule has 3 nitrogen and oxygen atoms in total. The van der Waals surface area contributed by atoms with Crippen molar-refractivity contribution in [1.82, 2.24) is 0 Å². The SMILES string of the molecule is C=CC(=O)OCC(=O)Cl. The summed E-state index contributed by atoms with van der Waals surface area (Å²) in [5.41, 5.74) is 0. The van der Waals surface area contributed by atoms with Crippen molar-refractivity contribution >= 4 is 22.8 Å². The van der Waals surface area contributed by atoms with Gasteiger partial charge in [0.05, 0.1) is 0 Å². The van der Waals surface area contributed by atoms with Crippen LogP contribution in [0.15, 0.2) is 12.7 Å². The summed E-state index contributed by atoms with van der Waals surface area (Å²) >= 11 is 4.83. The lowest BCUT2D eigenvalue weighted by Crippen LogP contribution is -2.06. The van der Waals surface area contributed by atoms with E-state index in [9.17, 15) is 9.59 Å². The Morgan fingerprint density at radius 3 is 2.56 bits per heavy atom. The number of ether oxygens (including phenoxy) is 1. The summed E-state index contributed by atoms with van der Waals surface area (Å²) in [4.78, 5) is 20.1. The normalized spacial score (nSPS) is 8.11. The monoisotopic (exact) mass is 148 g/mol. The highest BCUT2D eigenvalue weighted by Gasteiger charge is 1.98. The van der Waals surface area contributed by atoms with Crippen molar-refractivity contribution < 1.29 is 14.3 Å². The van der Waals surface area contributed by atoms with Crippen LogP contribution in [0, 0.1) is 0 Å². The predicted molar refractivity (Wildman–Crippen MR) is 32.0 cm³/mol. The molecule has 0 saturated heterocycles. The third-order valence-corrected chi connectivity index (χ3v) is 0.604. The number of halogens is 1. The number of hydrogen-bond donors (Lipinski definition) is 0. The fourth-order valence-corrected chi connectivity index (χ4v) is 0.241. The molecule has 0 radical (unpaired) electrons. The van der Waals surface area contributed by atoms with Crippen LogP contribution in [0.1, 0.15) is 0 Å². The van der Waals surface area contributed by atoms with Gasteiger partial charge in [0.15, 0.2) is 6.61 Å². The largest absolute Gasteiger partial charge is 0.453 e. The number of hydrogen-bond acceptors (Lipinski definition) is 3. The van der Waals surface area contributed by atoms with Crippen LogP contribution in [0.2, 0.25) is 0 Å². The van der Waals surface area contributed by atoms with Gasteiger partial charge in [-0.25, -0.2) is 4.79 Å². The van der Waals surface area contributed by atoms with E-state index in [1.165, 1.54) is 0 Å². The summed E-state index contributed by atoms with van der Waals surface area (Å²) in [6.45, 7) is 2.71. The molecule has 0 fully saturated rings. The Morgan fingerprint density at radius 2 is 2.22 bits per heavy atom. The smallest absolute Gasteiger partial charge is 0.330 e. The van der Waals surface area contributed by atoms with Crippen LogP contribution < -0.4 is 0 Å². The van der Waals surface area contributed by atoms with Gasteiger partial charge in [-0.15, -0.1) is 0 Å². The number of carbonyl (C=O) groups is 2. The highest BCUT2D eigenvalue weighted by atomic mass is 35.5. The Morgan fingerprint density at radius 1 is 1.67 bits per heavy atom. The van der Waals surface area contributed by atoms with E-state index in [0.717, 1.165) is 6.08 Å². The molecule has 0 amide bonds. The number of esters is 1. The lowest BCUT2D eigenvalue weighted by atomic mass is 10.6. The molecule has 0 aliphatic carbocycles. The van der Waals surface area contributed by atoms with E-state index in [-0.39, 0.29) is 0 Å². The van der Waals surface area contributed by atoms with Crippen LogP contribution >= 0.6 is 11.6 Å². The second kappa shape index (κ2) is 4.09. The maximum absolute atomic E-state index is 10.2. The quantitative estimate of drug-likeness (QED) is 0.332.